The van der Waals surface area contributed by atoms with E-state index in [0.717, 1.165) is 12.1 Å². The van der Waals surface area contributed by atoms with Gasteiger partial charge < -0.3 is 5.11 Å². The second kappa shape index (κ2) is 7.63. The van der Waals surface area contributed by atoms with Gasteiger partial charge in [0.15, 0.2) is 5.03 Å². The summed E-state index contributed by atoms with van der Waals surface area (Å²) in [6.07, 6.45) is 5.38. The summed E-state index contributed by atoms with van der Waals surface area (Å²) in [5.41, 5.74) is 0.832. The topological polar surface area (TPSA) is 97.1 Å². The molecule has 25 heavy (non-hydrogen) atoms. The Hall–Kier alpha value is -1.77. The highest BCUT2D eigenvalue weighted by atomic mass is 32.2. The van der Waals surface area contributed by atoms with Gasteiger partial charge in [-0.1, -0.05) is 13.0 Å². The molecule has 0 unspecified atom stereocenters. The number of hydrogen-bond donors (Lipinski definition) is 2. The van der Waals surface area contributed by atoms with Crippen molar-refractivity contribution in [3.05, 3.63) is 42.4 Å². The second-order valence-corrected chi connectivity index (χ2v) is 8.19. The zero-order valence-electron chi connectivity index (χ0n) is 14.2. The van der Waals surface area contributed by atoms with Crippen LogP contribution in [0.25, 0.3) is 0 Å². The number of nitrogens with one attached hydrogen (secondary N) is 1. The highest BCUT2D eigenvalue weighted by molar-refractivity contribution is 7.89. The molecule has 7 nitrogen and oxygen atoms in total. The number of aryl methyl sites for hydroxylation is 1. The molecule has 0 saturated heterocycles. The van der Waals surface area contributed by atoms with Crippen molar-refractivity contribution in [3.63, 3.8) is 0 Å². The van der Waals surface area contributed by atoms with E-state index in [1.807, 2.05) is 25.1 Å². The van der Waals surface area contributed by atoms with Gasteiger partial charge in [0.05, 0.1) is 12.3 Å². The maximum Gasteiger partial charge on any atom is 0.257 e. The van der Waals surface area contributed by atoms with Crippen LogP contribution in [0.1, 0.15) is 31.9 Å². The van der Waals surface area contributed by atoms with Crippen molar-refractivity contribution in [1.82, 2.24) is 19.5 Å². The van der Waals surface area contributed by atoms with Crippen LogP contribution in [0.3, 0.4) is 0 Å². The Bertz CT molecular complexity index is 785. The Labute approximate surface area is 148 Å². The Kier molecular flexibility index (Phi) is 5.51. The molecule has 8 heteroatoms. The van der Waals surface area contributed by atoms with Crippen molar-refractivity contribution in [3.8, 4) is 0 Å². The fraction of sp³-hybridized carbons (Fsp3) is 0.529. The number of hydrogen-bond acceptors (Lipinski definition) is 5. The van der Waals surface area contributed by atoms with Crippen molar-refractivity contribution < 1.29 is 13.5 Å². The van der Waals surface area contributed by atoms with E-state index in [1.54, 1.807) is 6.20 Å². The van der Waals surface area contributed by atoms with Gasteiger partial charge in [0.2, 0.25) is 0 Å². The van der Waals surface area contributed by atoms with E-state index in [2.05, 4.69) is 14.8 Å². The highest BCUT2D eigenvalue weighted by Gasteiger charge is 2.37. The third-order valence-corrected chi connectivity index (χ3v) is 6.08. The monoisotopic (exact) mass is 364 g/mol. The molecule has 3 rings (SSSR count). The van der Waals surface area contributed by atoms with Crippen LogP contribution in [-0.2, 0) is 23.0 Å². The molecule has 0 amide bonds. The first-order valence-electron chi connectivity index (χ1n) is 8.61. The lowest BCUT2D eigenvalue weighted by molar-refractivity contribution is 0.0282. The first-order chi connectivity index (χ1) is 12.0. The predicted molar refractivity (Wildman–Crippen MR) is 93.3 cm³/mol. The maximum absolute atomic E-state index is 12.9. The first-order valence-corrected chi connectivity index (χ1v) is 10.1. The molecule has 2 aromatic rings. The Morgan fingerprint density at radius 3 is 2.76 bits per heavy atom. The molecule has 2 aromatic heterocycles. The Morgan fingerprint density at radius 2 is 2.12 bits per heavy atom. The SMILES string of the molecule is CCCn1nccc1S(=O)(=O)N[C@@H](Cc1ccccn1)C1CC(O)C1. The maximum atomic E-state index is 12.9. The molecular weight excluding hydrogens is 340 g/mol. The summed E-state index contributed by atoms with van der Waals surface area (Å²) in [5, 5.41) is 13.9. The van der Waals surface area contributed by atoms with E-state index in [4.69, 9.17) is 0 Å². The molecule has 136 valence electrons. The number of aliphatic hydroxyl groups is 1. The average Bonchev–Trinajstić information content (AvgIpc) is 3.02. The molecule has 0 aliphatic heterocycles. The van der Waals surface area contributed by atoms with Crippen LogP contribution in [-0.4, -0.2) is 40.4 Å². The van der Waals surface area contributed by atoms with Gasteiger partial charge in [0.25, 0.3) is 10.0 Å². The number of sulfonamides is 1. The summed E-state index contributed by atoms with van der Waals surface area (Å²) in [7, 11) is -3.69. The number of nitrogens with zero attached hydrogens (tertiary/aromatic N) is 3. The predicted octanol–water partition coefficient (Wildman–Crippen LogP) is 1.35. The van der Waals surface area contributed by atoms with Crippen LogP contribution in [0.2, 0.25) is 0 Å². The minimum Gasteiger partial charge on any atom is -0.393 e. The minimum atomic E-state index is -3.69. The zero-order chi connectivity index (χ0) is 17.9. The molecule has 1 saturated carbocycles. The largest absolute Gasteiger partial charge is 0.393 e. The smallest absolute Gasteiger partial charge is 0.257 e. The lowest BCUT2D eigenvalue weighted by Crippen LogP contribution is -2.48. The average molecular weight is 364 g/mol. The number of aliphatic hydroxyl groups excluding tert-OH is 1. The van der Waals surface area contributed by atoms with Gasteiger partial charge in [0, 0.05) is 30.9 Å². The van der Waals surface area contributed by atoms with E-state index in [-0.39, 0.29) is 23.1 Å². The highest BCUT2D eigenvalue weighted by Crippen LogP contribution is 2.32. The molecule has 2 N–H and O–H groups in total. The van der Waals surface area contributed by atoms with Crippen LogP contribution in [0.5, 0.6) is 0 Å². The van der Waals surface area contributed by atoms with E-state index < -0.39 is 10.0 Å². The molecule has 2 heterocycles. The van der Waals surface area contributed by atoms with Gasteiger partial charge in [-0.2, -0.15) is 5.10 Å². The summed E-state index contributed by atoms with van der Waals surface area (Å²) in [6.45, 7) is 2.53. The molecule has 1 atom stereocenters. The Balaban J connectivity index is 1.80. The molecule has 0 aromatic carbocycles. The quantitative estimate of drug-likeness (QED) is 0.737. The number of rotatable bonds is 8. The minimum absolute atomic E-state index is 0.106. The number of pyridine rings is 1. The van der Waals surface area contributed by atoms with Gasteiger partial charge in [0.1, 0.15) is 0 Å². The van der Waals surface area contributed by atoms with E-state index in [9.17, 15) is 13.5 Å². The van der Waals surface area contributed by atoms with Crippen molar-refractivity contribution in [2.45, 2.75) is 56.3 Å². The summed E-state index contributed by atoms with van der Waals surface area (Å²) < 4.78 is 30.1. The van der Waals surface area contributed by atoms with Crippen LogP contribution in [0.15, 0.2) is 41.7 Å². The van der Waals surface area contributed by atoms with E-state index in [1.165, 1.54) is 16.9 Å². The van der Waals surface area contributed by atoms with Crippen molar-refractivity contribution >= 4 is 10.0 Å². The fourth-order valence-electron chi connectivity index (χ4n) is 3.20. The van der Waals surface area contributed by atoms with Gasteiger partial charge in [-0.15, -0.1) is 0 Å². The van der Waals surface area contributed by atoms with Crippen LogP contribution in [0.4, 0.5) is 0 Å². The zero-order valence-corrected chi connectivity index (χ0v) is 15.1. The lowest BCUT2D eigenvalue weighted by Gasteiger charge is -2.37. The van der Waals surface area contributed by atoms with Crippen LogP contribution < -0.4 is 4.72 Å². The third-order valence-electron chi connectivity index (χ3n) is 4.57. The summed E-state index contributed by atoms with van der Waals surface area (Å²) in [4.78, 5) is 4.30. The standard InChI is InChI=1S/C17H24N4O3S/c1-2-9-21-17(6-8-19-21)25(23,24)20-16(13-10-15(22)11-13)12-14-5-3-4-7-18-14/h3-8,13,15-16,20,22H,2,9-12H2,1H3/t13?,15?,16-/m0/s1. The molecular formula is C17H24N4O3S. The van der Waals surface area contributed by atoms with Crippen molar-refractivity contribution in [1.29, 1.82) is 0 Å². The number of aromatic nitrogens is 3. The van der Waals surface area contributed by atoms with Gasteiger partial charge in [-0.05, 0) is 43.4 Å². The first kappa shape index (κ1) is 18.0. The van der Waals surface area contributed by atoms with Gasteiger partial charge in [-0.25, -0.2) is 13.1 Å². The van der Waals surface area contributed by atoms with E-state index in [0.29, 0.717) is 25.8 Å². The molecule has 0 radical (unpaired) electrons. The normalized spacial score (nSPS) is 21.7. The summed E-state index contributed by atoms with van der Waals surface area (Å²) in [5.74, 6) is 0.106. The van der Waals surface area contributed by atoms with Gasteiger partial charge in [-0.3, -0.25) is 9.67 Å². The summed E-state index contributed by atoms with van der Waals surface area (Å²) >= 11 is 0. The Morgan fingerprint density at radius 1 is 1.32 bits per heavy atom. The lowest BCUT2D eigenvalue weighted by atomic mass is 9.76. The van der Waals surface area contributed by atoms with Crippen LogP contribution in [0, 0.1) is 5.92 Å². The van der Waals surface area contributed by atoms with Gasteiger partial charge >= 0.3 is 0 Å². The molecule has 0 bridgehead atoms. The third kappa shape index (κ3) is 4.26. The molecule has 1 aliphatic rings. The second-order valence-electron chi connectivity index (χ2n) is 6.53. The fourth-order valence-corrected chi connectivity index (χ4v) is 4.65. The van der Waals surface area contributed by atoms with Crippen LogP contribution >= 0.6 is 0 Å². The van der Waals surface area contributed by atoms with E-state index >= 15 is 0 Å². The van der Waals surface area contributed by atoms with Crippen molar-refractivity contribution in [2.24, 2.45) is 5.92 Å². The molecule has 1 aliphatic carbocycles. The van der Waals surface area contributed by atoms with Crippen molar-refractivity contribution in [2.75, 3.05) is 0 Å². The summed E-state index contributed by atoms with van der Waals surface area (Å²) in [6, 6.07) is 6.83. The molecule has 0 spiro atoms. The molecule has 1 fully saturated rings.